The van der Waals surface area contributed by atoms with Crippen molar-refractivity contribution in [3.05, 3.63) is 0 Å². The Morgan fingerprint density at radius 3 is 1.87 bits per heavy atom. The molecule has 6 atom stereocenters. The summed E-state index contributed by atoms with van der Waals surface area (Å²) >= 11 is 0. The summed E-state index contributed by atoms with van der Waals surface area (Å²) in [6.45, 7) is 3.77. The quantitative estimate of drug-likeness (QED) is 0.135. The Balaban J connectivity index is 5.44. The van der Waals surface area contributed by atoms with E-state index in [1.807, 2.05) is 12.2 Å². The van der Waals surface area contributed by atoms with Crippen molar-refractivity contribution in [2.24, 2.45) is 11.7 Å². The monoisotopic (exact) mass is 448 g/mol. The van der Waals surface area contributed by atoms with Crippen LogP contribution in [0.5, 0.6) is 0 Å². The van der Waals surface area contributed by atoms with Crippen LogP contribution in [0, 0.1) is 5.92 Å². The summed E-state index contributed by atoms with van der Waals surface area (Å²) in [5.74, 6) is -5.73. The predicted octanol–water partition coefficient (Wildman–Crippen LogP) is -2.86. The summed E-state index contributed by atoms with van der Waals surface area (Å²) < 4.78 is 0. The highest BCUT2D eigenvalue weighted by Crippen LogP contribution is 2.07. The summed E-state index contributed by atoms with van der Waals surface area (Å²) in [4.78, 5) is 59.1. The van der Waals surface area contributed by atoms with Gasteiger partial charge in [0.05, 0.1) is 18.8 Å². The summed E-state index contributed by atoms with van der Waals surface area (Å²) in [6.07, 6.45) is -1.69. The zero-order chi connectivity index (χ0) is 24.3. The maximum atomic E-state index is 12.6. The minimum absolute atomic E-state index is 0.217. The average molecular weight is 448 g/mol. The molecule has 178 valence electrons. The molecule has 0 aromatic rings. The van der Waals surface area contributed by atoms with Gasteiger partial charge in [-0.15, -0.1) is 0 Å². The van der Waals surface area contributed by atoms with Gasteiger partial charge in [-0.1, -0.05) is 20.3 Å². The molecule has 0 aromatic carbocycles. The van der Waals surface area contributed by atoms with Gasteiger partial charge < -0.3 is 42.1 Å². The fourth-order valence-electron chi connectivity index (χ4n) is 2.42. The van der Waals surface area contributed by atoms with E-state index in [2.05, 4.69) is 10.6 Å². The van der Waals surface area contributed by atoms with Crippen molar-refractivity contribution in [2.45, 2.75) is 70.3 Å². The molecule has 0 saturated carbocycles. The second-order valence-electron chi connectivity index (χ2n) is 7.21. The van der Waals surface area contributed by atoms with Gasteiger partial charge >= 0.3 is 11.9 Å². The van der Waals surface area contributed by atoms with Gasteiger partial charge in [0.2, 0.25) is 17.7 Å². The fraction of sp³-hybridized carbons (Fsp3) is 0.722. The number of carboxylic acids is 2. The van der Waals surface area contributed by atoms with Gasteiger partial charge in [0.15, 0.2) is 0 Å². The highest BCUT2D eigenvalue weighted by molar-refractivity contribution is 5.94. The second-order valence-corrected chi connectivity index (χ2v) is 7.21. The number of aliphatic hydroxyl groups is 2. The van der Waals surface area contributed by atoms with Gasteiger partial charge in [-0.2, -0.15) is 0 Å². The first-order valence-corrected chi connectivity index (χ1v) is 9.75. The third-order valence-corrected chi connectivity index (χ3v) is 4.70. The molecular weight excluding hydrogens is 416 g/mol. The van der Waals surface area contributed by atoms with E-state index in [0.29, 0.717) is 6.42 Å². The molecule has 9 N–H and O–H groups in total. The molecule has 31 heavy (non-hydrogen) atoms. The maximum Gasteiger partial charge on any atom is 0.328 e. The van der Waals surface area contributed by atoms with Crippen molar-refractivity contribution in [1.29, 1.82) is 0 Å². The summed E-state index contributed by atoms with van der Waals surface area (Å²) in [5.41, 5.74) is 5.83. The Kier molecular flexibility index (Phi) is 12.3. The van der Waals surface area contributed by atoms with Crippen LogP contribution in [0.3, 0.4) is 0 Å². The van der Waals surface area contributed by atoms with E-state index in [1.54, 1.807) is 6.92 Å². The molecule has 0 fully saturated rings. The second kappa shape index (κ2) is 13.5. The third-order valence-electron chi connectivity index (χ3n) is 4.70. The predicted molar refractivity (Wildman–Crippen MR) is 106 cm³/mol. The van der Waals surface area contributed by atoms with E-state index in [0.717, 1.165) is 6.92 Å². The van der Waals surface area contributed by atoms with Gasteiger partial charge in [-0.3, -0.25) is 19.2 Å². The molecule has 0 aliphatic rings. The number of rotatable bonds is 14. The lowest BCUT2D eigenvalue weighted by Crippen LogP contribution is -2.60. The number of aliphatic hydroxyl groups excluding tert-OH is 2. The topological polar surface area (TPSA) is 228 Å². The summed E-state index contributed by atoms with van der Waals surface area (Å²) in [5, 5.41) is 43.2. The van der Waals surface area contributed by atoms with Crippen LogP contribution in [0.1, 0.15) is 40.0 Å². The van der Waals surface area contributed by atoms with Gasteiger partial charge in [0.25, 0.3) is 0 Å². The van der Waals surface area contributed by atoms with E-state index in [4.69, 9.17) is 21.1 Å². The molecule has 0 aliphatic heterocycles. The van der Waals surface area contributed by atoms with Crippen molar-refractivity contribution < 1.29 is 44.4 Å². The number of carbonyl (C=O) groups is 5. The Morgan fingerprint density at radius 2 is 1.45 bits per heavy atom. The van der Waals surface area contributed by atoms with Gasteiger partial charge in [-0.05, 0) is 19.3 Å². The van der Waals surface area contributed by atoms with Crippen molar-refractivity contribution in [3.8, 4) is 0 Å². The van der Waals surface area contributed by atoms with E-state index < -0.39 is 73.0 Å². The van der Waals surface area contributed by atoms with Crippen LogP contribution in [0.2, 0.25) is 0 Å². The van der Waals surface area contributed by atoms with Crippen LogP contribution in [0.25, 0.3) is 0 Å². The van der Waals surface area contributed by atoms with E-state index >= 15 is 0 Å². The first kappa shape index (κ1) is 28.2. The Labute approximate surface area is 179 Å². The van der Waals surface area contributed by atoms with Crippen molar-refractivity contribution in [2.75, 3.05) is 6.61 Å². The molecule has 0 heterocycles. The van der Waals surface area contributed by atoms with Crippen LogP contribution >= 0.6 is 0 Å². The van der Waals surface area contributed by atoms with E-state index in [9.17, 15) is 29.1 Å². The van der Waals surface area contributed by atoms with Crippen LogP contribution in [-0.2, 0) is 24.0 Å². The van der Waals surface area contributed by atoms with Crippen molar-refractivity contribution in [1.82, 2.24) is 16.0 Å². The van der Waals surface area contributed by atoms with Crippen LogP contribution in [0.4, 0.5) is 0 Å². The molecule has 13 heteroatoms. The molecular formula is C18H32N4O9. The minimum atomic E-state index is -1.67. The van der Waals surface area contributed by atoms with Crippen molar-refractivity contribution >= 4 is 29.7 Å². The lowest BCUT2D eigenvalue weighted by atomic mass is 9.98. The number of nitrogens with one attached hydrogen (secondary N) is 3. The number of aliphatic carboxylic acids is 2. The molecule has 6 unspecified atom stereocenters. The van der Waals surface area contributed by atoms with Crippen LogP contribution in [0.15, 0.2) is 0 Å². The van der Waals surface area contributed by atoms with Crippen molar-refractivity contribution in [3.63, 3.8) is 0 Å². The summed E-state index contributed by atoms with van der Waals surface area (Å²) in [6, 6.07) is -5.63. The molecule has 13 nitrogen and oxygen atoms in total. The van der Waals surface area contributed by atoms with Gasteiger partial charge in [0.1, 0.15) is 18.1 Å². The standard InChI is InChI=1S/C18H32N4O9/c1-4-8(2)13(19)16(28)20-10(5-6-12(25)26)15(27)22-14(9(3)24)17(29)21-11(7-23)18(30)31/h8-11,13-14,23-24H,4-7,19H2,1-3H3,(H,20,28)(H,21,29)(H,22,27)(H,25,26)(H,30,31). The number of amides is 3. The minimum Gasteiger partial charge on any atom is -0.481 e. The average Bonchev–Trinajstić information content (AvgIpc) is 2.70. The number of nitrogens with two attached hydrogens (primary N) is 1. The molecule has 0 radical (unpaired) electrons. The van der Waals surface area contributed by atoms with E-state index in [-0.39, 0.29) is 12.3 Å². The lowest BCUT2D eigenvalue weighted by Gasteiger charge is -2.26. The highest BCUT2D eigenvalue weighted by Gasteiger charge is 2.33. The largest absolute Gasteiger partial charge is 0.481 e. The molecule has 3 amide bonds. The normalized spacial score (nSPS) is 16.7. The molecule has 0 spiro atoms. The molecule has 0 aliphatic carbocycles. The molecule has 0 rings (SSSR count). The molecule has 0 aromatic heterocycles. The number of hydrogen-bond acceptors (Lipinski definition) is 8. The Bertz CT molecular complexity index is 656. The summed E-state index contributed by atoms with van der Waals surface area (Å²) in [7, 11) is 0. The SMILES string of the molecule is CCC(C)C(N)C(=O)NC(CCC(=O)O)C(=O)NC(C(=O)NC(CO)C(=O)O)C(C)O. The van der Waals surface area contributed by atoms with Gasteiger partial charge in [0, 0.05) is 6.42 Å². The lowest BCUT2D eigenvalue weighted by molar-refractivity contribution is -0.144. The van der Waals surface area contributed by atoms with E-state index in [1.165, 1.54) is 0 Å². The van der Waals surface area contributed by atoms with Gasteiger partial charge in [-0.25, -0.2) is 4.79 Å². The number of carbonyl (C=O) groups excluding carboxylic acids is 3. The molecule has 0 bridgehead atoms. The smallest absolute Gasteiger partial charge is 0.328 e. The number of carboxylic acid groups (broad SMARTS) is 2. The Hall–Kier alpha value is -2.77. The first-order valence-electron chi connectivity index (χ1n) is 9.75. The zero-order valence-corrected chi connectivity index (χ0v) is 17.7. The first-order chi connectivity index (χ1) is 14.3. The van der Waals surface area contributed by atoms with Crippen LogP contribution in [-0.4, -0.2) is 87.0 Å². The van der Waals surface area contributed by atoms with Crippen LogP contribution < -0.4 is 21.7 Å². The Morgan fingerprint density at radius 1 is 0.903 bits per heavy atom. The maximum absolute atomic E-state index is 12.6. The zero-order valence-electron chi connectivity index (χ0n) is 17.7. The number of hydrogen-bond donors (Lipinski definition) is 8. The fourth-order valence-corrected chi connectivity index (χ4v) is 2.42. The molecule has 0 saturated heterocycles. The third kappa shape index (κ3) is 9.72. The highest BCUT2D eigenvalue weighted by atomic mass is 16.4.